The van der Waals surface area contributed by atoms with Gasteiger partial charge in [-0.2, -0.15) is 0 Å². The number of anilines is 1. The third-order valence-electron chi connectivity index (χ3n) is 2.46. The van der Waals surface area contributed by atoms with E-state index in [1.807, 2.05) is 22.9 Å². The summed E-state index contributed by atoms with van der Waals surface area (Å²) in [6, 6.07) is 8.11. The van der Waals surface area contributed by atoms with E-state index < -0.39 is 0 Å². The molecule has 0 atom stereocenters. The van der Waals surface area contributed by atoms with Gasteiger partial charge >= 0.3 is 0 Å². The van der Waals surface area contributed by atoms with Gasteiger partial charge in [-0.15, -0.1) is 5.10 Å². The van der Waals surface area contributed by atoms with Crippen LogP contribution in [0.2, 0.25) is 0 Å². The average Bonchev–Trinajstić information content (AvgIpc) is 2.59. The van der Waals surface area contributed by atoms with Crippen LogP contribution in [0.1, 0.15) is 26.5 Å². The number of nitrogen functional groups attached to an aromatic ring is 1. The summed E-state index contributed by atoms with van der Waals surface area (Å²) in [5.74, 6) is 0.497. The number of nitrogens with zero attached hydrogens (tertiary/aromatic N) is 3. The Labute approximate surface area is 114 Å². The molecule has 0 bridgehead atoms. The summed E-state index contributed by atoms with van der Waals surface area (Å²) in [6.07, 6.45) is 0. The molecule has 0 aliphatic rings. The van der Waals surface area contributed by atoms with Crippen LogP contribution in [0.4, 0.5) is 5.82 Å². The van der Waals surface area contributed by atoms with Crippen molar-refractivity contribution in [1.29, 1.82) is 0 Å². The summed E-state index contributed by atoms with van der Waals surface area (Å²) in [6.45, 7) is 6.31. The van der Waals surface area contributed by atoms with Crippen molar-refractivity contribution in [2.24, 2.45) is 0 Å². The number of halogens is 1. The average molecular weight is 342 g/mol. The maximum atomic E-state index is 5.91. The third-order valence-corrected chi connectivity index (χ3v) is 3.13. The van der Waals surface area contributed by atoms with Crippen molar-refractivity contribution >= 4 is 28.4 Å². The van der Waals surface area contributed by atoms with Crippen LogP contribution in [0.15, 0.2) is 24.3 Å². The van der Waals surface area contributed by atoms with Crippen molar-refractivity contribution in [3.8, 4) is 5.69 Å². The molecule has 0 fully saturated rings. The number of hydrogen-bond donors (Lipinski definition) is 1. The minimum Gasteiger partial charge on any atom is -0.381 e. The van der Waals surface area contributed by atoms with Gasteiger partial charge in [-0.25, -0.2) is 4.68 Å². The highest BCUT2D eigenvalue weighted by atomic mass is 127. The topological polar surface area (TPSA) is 56.7 Å². The van der Waals surface area contributed by atoms with E-state index in [1.165, 1.54) is 0 Å². The molecule has 0 unspecified atom stereocenters. The van der Waals surface area contributed by atoms with Crippen LogP contribution in [-0.4, -0.2) is 15.0 Å². The van der Waals surface area contributed by atoms with Gasteiger partial charge in [-0.3, -0.25) is 0 Å². The Balaban J connectivity index is 2.61. The highest BCUT2D eigenvalue weighted by Crippen LogP contribution is 2.28. The highest BCUT2D eigenvalue weighted by molar-refractivity contribution is 14.1. The van der Waals surface area contributed by atoms with Gasteiger partial charge in [-0.1, -0.05) is 32.1 Å². The molecule has 4 nitrogen and oxygen atoms in total. The maximum Gasteiger partial charge on any atom is 0.170 e. The predicted octanol–water partition coefficient (Wildman–Crippen LogP) is 2.75. The second-order valence-electron chi connectivity index (χ2n) is 4.96. The lowest BCUT2D eigenvalue weighted by Crippen LogP contribution is -2.19. The van der Waals surface area contributed by atoms with Crippen molar-refractivity contribution in [1.82, 2.24) is 15.0 Å². The summed E-state index contributed by atoms with van der Waals surface area (Å²) < 4.78 is 2.98. The van der Waals surface area contributed by atoms with Crippen molar-refractivity contribution < 1.29 is 0 Å². The lowest BCUT2D eigenvalue weighted by Gasteiger charge is -2.20. The quantitative estimate of drug-likeness (QED) is 0.811. The summed E-state index contributed by atoms with van der Waals surface area (Å²) in [4.78, 5) is 0. The zero-order valence-corrected chi connectivity index (χ0v) is 12.3. The van der Waals surface area contributed by atoms with E-state index in [-0.39, 0.29) is 5.41 Å². The largest absolute Gasteiger partial charge is 0.381 e. The number of benzene rings is 1. The molecule has 2 aromatic rings. The first-order valence-electron chi connectivity index (χ1n) is 5.37. The molecule has 0 aliphatic heterocycles. The Bertz CT molecular complexity index is 540. The second-order valence-corrected chi connectivity index (χ2v) is 6.21. The third kappa shape index (κ3) is 2.43. The first-order valence-corrected chi connectivity index (χ1v) is 6.45. The molecule has 0 saturated carbocycles. The number of nitrogens with two attached hydrogens (primary N) is 1. The first kappa shape index (κ1) is 12.3. The molecule has 1 heterocycles. The molecular formula is C12H15IN4. The Morgan fingerprint density at radius 3 is 2.59 bits per heavy atom. The fourth-order valence-corrected chi connectivity index (χ4v) is 2.31. The minimum atomic E-state index is -0.0884. The first-order chi connectivity index (χ1) is 7.89. The van der Waals surface area contributed by atoms with E-state index in [0.717, 1.165) is 15.0 Å². The van der Waals surface area contributed by atoms with E-state index in [4.69, 9.17) is 5.73 Å². The Hall–Kier alpha value is -1.11. The maximum absolute atomic E-state index is 5.91. The summed E-state index contributed by atoms with van der Waals surface area (Å²) in [5, 5.41) is 8.11. The highest BCUT2D eigenvalue weighted by Gasteiger charge is 2.24. The standard InChI is InChI=1S/C12H15IN4/c1-12(2,3)10-11(14)15-16-17(10)9-6-4-5-8(13)7-9/h4-7H,14H2,1-3H3. The Morgan fingerprint density at radius 1 is 1.29 bits per heavy atom. The zero-order chi connectivity index (χ0) is 12.6. The fourth-order valence-electron chi connectivity index (χ4n) is 1.78. The van der Waals surface area contributed by atoms with Crippen LogP contribution in [0.5, 0.6) is 0 Å². The van der Waals surface area contributed by atoms with E-state index >= 15 is 0 Å². The summed E-state index contributed by atoms with van der Waals surface area (Å²) in [7, 11) is 0. The van der Waals surface area contributed by atoms with Crippen LogP contribution in [0.3, 0.4) is 0 Å². The van der Waals surface area contributed by atoms with Gasteiger partial charge in [0.15, 0.2) is 5.82 Å². The second kappa shape index (κ2) is 4.29. The Morgan fingerprint density at radius 2 is 2.00 bits per heavy atom. The molecule has 0 aliphatic carbocycles. The van der Waals surface area contributed by atoms with Crippen LogP contribution >= 0.6 is 22.6 Å². The monoisotopic (exact) mass is 342 g/mol. The summed E-state index contributed by atoms with van der Waals surface area (Å²) in [5.41, 5.74) is 7.75. The Kier molecular flexibility index (Phi) is 3.11. The van der Waals surface area contributed by atoms with Gasteiger partial charge < -0.3 is 5.73 Å². The van der Waals surface area contributed by atoms with Crippen molar-refractivity contribution in [2.75, 3.05) is 5.73 Å². The zero-order valence-electron chi connectivity index (χ0n) is 10.1. The van der Waals surface area contributed by atoms with E-state index in [2.05, 4.69) is 59.7 Å². The fraction of sp³-hybridized carbons (Fsp3) is 0.333. The number of rotatable bonds is 1. The number of hydrogen-bond acceptors (Lipinski definition) is 3. The lowest BCUT2D eigenvalue weighted by atomic mass is 9.91. The molecule has 0 amide bonds. The molecule has 5 heteroatoms. The van der Waals surface area contributed by atoms with Gasteiger partial charge in [0.05, 0.1) is 11.4 Å². The van der Waals surface area contributed by atoms with Gasteiger partial charge in [0.25, 0.3) is 0 Å². The molecule has 0 radical (unpaired) electrons. The van der Waals surface area contributed by atoms with Crippen molar-refractivity contribution in [3.63, 3.8) is 0 Å². The van der Waals surface area contributed by atoms with Gasteiger partial charge in [-0.05, 0) is 40.8 Å². The van der Waals surface area contributed by atoms with Crippen LogP contribution in [0, 0.1) is 3.57 Å². The van der Waals surface area contributed by atoms with Gasteiger partial charge in [0.2, 0.25) is 0 Å². The van der Waals surface area contributed by atoms with E-state index in [9.17, 15) is 0 Å². The molecule has 1 aromatic carbocycles. The van der Waals surface area contributed by atoms with E-state index in [0.29, 0.717) is 5.82 Å². The van der Waals surface area contributed by atoms with Crippen LogP contribution < -0.4 is 5.73 Å². The molecule has 0 saturated heterocycles. The smallest absolute Gasteiger partial charge is 0.170 e. The molecular weight excluding hydrogens is 327 g/mol. The van der Waals surface area contributed by atoms with Crippen LogP contribution in [0.25, 0.3) is 5.69 Å². The minimum absolute atomic E-state index is 0.0884. The van der Waals surface area contributed by atoms with Crippen LogP contribution in [-0.2, 0) is 5.41 Å². The van der Waals surface area contributed by atoms with Gasteiger partial charge in [0, 0.05) is 8.99 Å². The summed E-state index contributed by atoms with van der Waals surface area (Å²) >= 11 is 2.28. The molecule has 2 rings (SSSR count). The lowest BCUT2D eigenvalue weighted by molar-refractivity contribution is 0.544. The molecule has 90 valence electrons. The van der Waals surface area contributed by atoms with Crippen molar-refractivity contribution in [3.05, 3.63) is 33.5 Å². The normalized spacial score (nSPS) is 11.8. The van der Waals surface area contributed by atoms with E-state index in [1.54, 1.807) is 0 Å². The predicted molar refractivity (Wildman–Crippen MR) is 77.2 cm³/mol. The molecule has 17 heavy (non-hydrogen) atoms. The molecule has 2 N–H and O–H groups in total. The SMILES string of the molecule is CC(C)(C)c1c(N)nnn1-c1cccc(I)c1. The van der Waals surface area contributed by atoms with Crippen molar-refractivity contribution in [2.45, 2.75) is 26.2 Å². The van der Waals surface area contributed by atoms with Gasteiger partial charge in [0.1, 0.15) is 0 Å². The molecule has 0 spiro atoms. The number of aromatic nitrogens is 3. The molecule has 1 aromatic heterocycles.